The van der Waals surface area contributed by atoms with Crippen molar-refractivity contribution in [2.75, 3.05) is 32.7 Å². The van der Waals surface area contributed by atoms with Gasteiger partial charge >= 0.3 is 0 Å². The van der Waals surface area contributed by atoms with Crippen molar-refractivity contribution in [3.05, 3.63) is 0 Å². The van der Waals surface area contributed by atoms with E-state index in [1.165, 1.54) is 32.4 Å². The van der Waals surface area contributed by atoms with Crippen LogP contribution in [-0.4, -0.2) is 54.5 Å². The zero-order valence-electron chi connectivity index (χ0n) is 12.3. The Labute approximate surface area is 117 Å². The highest BCUT2D eigenvalue weighted by Crippen LogP contribution is 2.21. The maximum absolute atomic E-state index is 12.3. The Kier molecular flexibility index (Phi) is 5.64. The molecule has 2 saturated heterocycles. The van der Waals surface area contributed by atoms with Gasteiger partial charge in [-0.05, 0) is 51.2 Å². The van der Waals surface area contributed by atoms with E-state index < -0.39 is 0 Å². The van der Waals surface area contributed by atoms with E-state index in [0.717, 1.165) is 25.9 Å². The first-order valence-corrected chi connectivity index (χ1v) is 7.96. The minimum atomic E-state index is 0.321. The summed E-state index contributed by atoms with van der Waals surface area (Å²) in [4.78, 5) is 17.0. The van der Waals surface area contributed by atoms with Crippen molar-refractivity contribution in [2.45, 2.75) is 51.5 Å². The van der Waals surface area contributed by atoms with Crippen molar-refractivity contribution in [1.82, 2.24) is 9.80 Å². The van der Waals surface area contributed by atoms with Gasteiger partial charge in [0, 0.05) is 25.6 Å². The van der Waals surface area contributed by atoms with Gasteiger partial charge in [-0.2, -0.15) is 0 Å². The van der Waals surface area contributed by atoms with Gasteiger partial charge in [0.05, 0.1) is 0 Å². The molecule has 4 heteroatoms. The first-order chi connectivity index (χ1) is 9.24. The third-order valence-electron chi connectivity index (χ3n) is 4.78. The van der Waals surface area contributed by atoms with Gasteiger partial charge in [0.25, 0.3) is 0 Å². The van der Waals surface area contributed by atoms with Crippen LogP contribution in [0.4, 0.5) is 0 Å². The Balaban J connectivity index is 1.84. The highest BCUT2D eigenvalue weighted by atomic mass is 16.2. The first-order valence-electron chi connectivity index (χ1n) is 7.96. The van der Waals surface area contributed by atoms with Crippen molar-refractivity contribution < 1.29 is 4.79 Å². The first kappa shape index (κ1) is 14.8. The summed E-state index contributed by atoms with van der Waals surface area (Å²) in [5.74, 6) is 0.681. The summed E-state index contributed by atoms with van der Waals surface area (Å²) in [6.07, 6.45) is 6.72. The molecule has 0 spiro atoms. The summed E-state index contributed by atoms with van der Waals surface area (Å²) < 4.78 is 0. The van der Waals surface area contributed by atoms with Crippen LogP contribution in [0.1, 0.15) is 45.4 Å². The number of carbonyl (C=O) groups excluding carboxylic acids is 1. The largest absolute Gasteiger partial charge is 0.341 e. The molecule has 2 aliphatic rings. The van der Waals surface area contributed by atoms with Crippen LogP contribution < -0.4 is 5.73 Å². The molecule has 110 valence electrons. The van der Waals surface area contributed by atoms with Gasteiger partial charge < -0.3 is 10.6 Å². The molecule has 0 aliphatic carbocycles. The summed E-state index contributed by atoms with van der Waals surface area (Å²) in [7, 11) is 0. The van der Waals surface area contributed by atoms with Crippen molar-refractivity contribution in [3.8, 4) is 0 Å². The lowest BCUT2D eigenvalue weighted by atomic mass is 9.99. The number of hydrogen-bond acceptors (Lipinski definition) is 3. The molecule has 0 aromatic heterocycles. The van der Waals surface area contributed by atoms with Gasteiger partial charge in [-0.3, -0.25) is 9.69 Å². The minimum Gasteiger partial charge on any atom is -0.341 e. The molecule has 0 radical (unpaired) electrons. The molecule has 2 fully saturated rings. The quantitative estimate of drug-likeness (QED) is 0.820. The number of nitrogens with two attached hydrogens (primary N) is 1. The van der Waals surface area contributed by atoms with Gasteiger partial charge in [0.15, 0.2) is 0 Å². The van der Waals surface area contributed by atoms with Crippen LogP contribution in [0.2, 0.25) is 0 Å². The van der Waals surface area contributed by atoms with Crippen LogP contribution in [0.5, 0.6) is 0 Å². The van der Waals surface area contributed by atoms with Gasteiger partial charge in [-0.15, -0.1) is 0 Å². The molecular formula is C15H29N3O. The highest BCUT2D eigenvalue weighted by molar-refractivity contribution is 5.76. The van der Waals surface area contributed by atoms with Crippen LogP contribution in [0, 0.1) is 5.92 Å². The molecular weight excluding hydrogens is 238 g/mol. The maximum atomic E-state index is 12.3. The summed E-state index contributed by atoms with van der Waals surface area (Å²) in [6, 6.07) is 0.609. The van der Waals surface area contributed by atoms with Crippen molar-refractivity contribution in [2.24, 2.45) is 11.7 Å². The van der Waals surface area contributed by atoms with Gasteiger partial charge in [-0.1, -0.05) is 13.3 Å². The van der Waals surface area contributed by atoms with Crippen molar-refractivity contribution in [3.63, 3.8) is 0 Å². The molecule has 0 bridgehead atoms. The monoisotopic (exact) mass is 267 g/mol. The maximum Gasteiger partial charge on any atom is 0.222 e. The molecule has 2 unspecified atom stereocenters. The molecule has 0 saturated carbocycles. The number of amides is 1. The topological polar surface area (TPSA) is 49.6 Å². The van der Waals surface area contributed by atoms with E-state index >= 15 is 0 Å². The predicted octanol–water partition coefficient (Wildman–Crippen LogP) is 1.45. The molecule has 4 nitrogen and oxygen atoms in total. The predicted molar refractivity (Wildman–Crippen MR) is 77.9 cm³/mol. The lowest BCUT2D eigenvalue weighted by Gasteiger charge is -2.38. The van der Waals surface area contributed by atoms with Crippen LogP contribution in [0.15, 0.2) is 0 Å². The summed E-state index contributed by atoms with van der Waals surface area (Å²) in [5, 5.41) is 0. The van der Waals surface area contributed by atoms with E-state index in [4.69, 9.17) is 5.73 Å². The number of carbonyl (C=O) groups is 1. The van der Waals surface area contributed by atoms with Crippen molar-refractivity contribution in [1.29, 1.82) is 0 Å². The third-order valence-corrected chi connectivity index (χ3v) is 4.78. The second kappa shape index (κ2) is 7.25. The zero-order chi connectivity index (χ0) is 13.7. The number of likely N-dealkylation sites (tertiary alicyclic amines) is 2. The lowest BCUT2D eigenvalue weighted by Crippen LogP contribution is -2.49. The SMILES string of the molecule is CCC(CN)CC(=O)N1CCCC(N2CCCC2)C1. The second-order valence-electron chi connectivity index (χ2n) is 6.09. The molecule has 19 heavy (non-hydrogen) atoms. The van der Waals surface area contributed by atoms with E-state index in [1.807, 2.05) is 0 Å². The fraction of sp³-hybridized carbons (Fsp3) is 0.933. The average Bonchev–Trinajstić information content (AvgIpc) is 2.99. The standard InChI is InChI=1S/C15H29N3O/c1-2-13(11-16)10-15(19)18-9-5-6-14(12-18)17-7-3-4-8-17/h13-14H,2-12,16H2,1H3. The zero-order valence-corrected chi connectivity index (χ0v) is 12.3. The van der Waals surface area contributed by atoms with Crippen molar-refractivity contribution >= 4 is 5.91 Å². The van der Waals surface area contributed by atoms with Crippen LogP contribution >= 0.6 is 0 Å². The van der Waals surface area contributed by atoms with Gasteiger partial charge in [-0.25, -0.2) is 0 Å². The molecule has 0 aromatic rings. The normalized spacial score (nSPS) is 26.6. The number of rotatable bonds is 5. The second-order valence-corrected chi connectivity index (χ2v) is 6.09. The average molecular weight is 267 g/mol. The fourth-order valence-electron chi connectivity index (χ4n) is 3.36. The van der Waals surface area contributed by atoms with E-state index in [2.05, 4.69) is 16.7 Å². The summed E-state index contributed by atoms with van der Waals surface area (Å²) in [5.41, 5.74) is 5.71. The molecule has 2 N–H and O–H groups in total. The Morgan fingerprint density at radius 1 is 1.26 bits per heavy atom. The van der Waals surface area contributed by atoms with E-state index in [-0.39, 0.29) is 0 Å². The lowest BCUT2D eigenvalue weighted by molar-refractivity contribution is -0.134. The summed E-state index contributed by atoms with van der Waals surface area (Å²) >= 11 is 0. The van der Waals surface area contributed by atoms with E-state index in [9.17, 15) is 4.79 Å². The number of nitrogens with zero attached hydrogens (tertiary/aromatic N) is 2. The van der Waals surface area contributed by atoms with Gasteiger partial charge in [0.1, 0.15) is 0 Å². The van der Waals surface area contributed by atoms with E-state index in [1.54, 1.807) is 0 Å². The van der Waals surface area contributed by atoms with Crippen LogP contribution in [-0.2, 0) is 4.79 Å². The number of hydrogen-bond donors (Lipinski definition) is 1. The summed E-state index contributed by atoms with van der Waals surface area (Å²) in [6.45, 7) is 7.10. The van der Waals surface area contributed by atoms with Gasteiger partial charge in [0.2, 0.25) is 5.91 Å². The Morgan fingerprint density at radius 2 is 2.00 bits per heavy atom. The number of piperidine rings is 1. The molecule has 2 atom stereocenters. The molecule has 0 aromatic carbocycles. The molecule has 2 heterocycles. The third kappa shape index (κ3) is 3.93. The molecule has 1 amide bonds. The molecule has 2 rings (SSSR count). The molecule has 2 aliphatic heterocycles. The minimum absolute atomic E-state index is 0.321. The van der Waals surface area contributed by atoms with E-state index in [0.29, 0.717) is 30.8 Å². The smallest absolute Gasteiger partial charge is 0.222 e. The highest BCUT2D eigenvalue weighted by Gasteiger charge is 2.29. The Bertz CT molecular complexity index is 285. The van der Waals surface area contributed by atoms with Crippen LogP contribution in [0.3, 0.4) is 0 Å². The fourth-order valence-corrected chi connectivity index (χ4v) is 3.36. The van der Waals surface area contributed by atoms with Crippen LogP contribution in [0.25, 0.3) is 0 Å². The Morgan fingerprint density at radius 3 is 2.63 bits per heavy atom. The Hall–Kier alpha value is -0.610.